The molecule has 0 bridgehead atoms. The van der Waals surface area contributed by atoms with Crippen LogP contribution in [0.5, 0.6) is 0 Å². The van der Waals surface area contributed by atoms with Crippen molar-refractivity contribution in [3.63, 3.8) is 0 Å². The minimum absolute atomic E-state index is 0.0134. The van der Waals surface area contributed by atoms with Gasteiger partial charge < -0.3 is 9.47 Å². The molecule has 1 aliphatic rings. The third kappa shape index (κ3) is 2.20. The van der Waals surface area contributed by atoms with Crippen LogP contribution in [0.1, 0.15) is 40.5 Å². The molecule has 0 N–H and O–H groups in total. The normalized spacial score (nSPS) is 20.8. The summed E-state index contributed by atoms with van der Waals surface area (Å²) in [6, 6.07) is 0. The van der Waals surface area contributed by atoms with Crippen LogP contribution in [0.25, 0.3) is 0 Å². The Morgan fingerprint density at radius 1 is 1.00 bits per heavy atom. The lowest BCUT2D eigenvalue weighted by Crippen LogP contribution is -2.55. The number of hydrogen-bond acceptors (Lipinski definition) is 4. The molecule has 1 rings (SSSR count). The summed E-state index contributed by atoms with van der Waals surface area (Å²) in [6.45, 7) is 8.12. The topological polar surface area (TPSA) is 52.6 Å². The van der Waals surface area contributed by atoms with Gasteiger partial charge in [-0.3, -0.25) is 9.59 Å². The van der Waals surface area contributed by atoms with Crippen molar-refractivity contribution in [3.8, 4) is 0 Å². The van der Waals surface area contributed by atoms with E-state index in [1.807, 2.05) is 13.8 Å². The Bertz CT molecular complexity index is 265. The smallest absolute Gasteiger partial charge is 0.323 e. The predicted molar refractivity (Wildman–Crippen MR) is 58.7 cm³/mol. The van der Waals surface area contributed by atoms with E-state index in [1.165, 1.54) is 0 Å². The Kier molecular flexibility index (Phi) is 3.61. The SMILES string of the molecule is CCOC(=O)C1(C(=O)OCC)CC(C)(C)C1. The van der Waals surface area contributed by atoms with Gasteiger partial charge in [-0.05, 0) is 32.1 Å². The fourth-order valence-corrected chi connectivity index (χ4v) is 2.49. The molecule has 0 amide bonds. The summed E-state index contributed by atoms with van der Waals surface area (Å²) in [5, 5.41) is 0. The van der Waals surface area contributed by atoms with Crippen LogP contribution in [0.2, 0.25) is 0 Å². The molecule has 1 aliphatic carbocycles. The fourth-order valence-electron chi connectivity index (χ4n) is 2.49. The summed E-state index contributed by atoms with van der Waals surface area (Å²) in [5.74, 6) is -0.874. The van der Waals surface area contributed by atoms with E-state index < -0.39 is 17.4 Å². The molecule has 0 spiro atoms. The van der Waals surface area contributed by atoms with Gasteiger partial charge in [0.25, 0.3) is 0 Å². The van der Waals surface area contributed by atoms with Crippen LogP contribution in [-0.4, -0.2) is 25.2 Å². The Morgan fingerprint density at radius 2 is 1.38 bits per heavy atom. The first-order valence-corrected chi connectivity index (χ1v) is 5.72. The number of rotatable bonds is 4. The van der Waals surface area contributed by atoms with Crippen LogP contribution >= 0.6 is 0 Å². The van der Waals surface area contributed by atoms with Crippen molar-refractivity contribution in [1.82, 2.24) is 0 Å². The largest absolute Gasteiger partial charge is 0.465 e. The van der Waals surface area contributed by atoms with E-state index in [4.69, 9.17) is 9.47 Å². The summed E-state index contributed by atoms with van der Waals surface area (Å²) in [7, 11) is 0. The number of carbonyl (C=O) groups excluding carboxylic acids is 2. The molecule has 0 radical (unpaired) electrons. The Hall–Kier alpha value is -1.06. The van der Waals surface area contributed by atoms with Gasteiger partial charge in [0.2, 0.25) is 0 Å². The number of esters is 2. The van der Waals surface area contributed by atoms with Crippen molar-refractivity contribution in [2.45, 2.75) is 40.5 Å². The molecule has 0 atom stereocenters. The van der Waals surface area contributed by atoms with Crippen molar-refractivity contribution < 1.29 is 19.1 Å². The van der Waals surface area contributed by atoms with Crippen LogP contribution in [0.15, 0.2) is 0 Å². The fraction of sp³-hybridized carbons (Fsp3) is 0.833. The van der Waals surface area contributed by atoms with Gasteiger partial charge in [-0.15, -0.1) is 0 Å². The summed E-state index contributed by atoms with van der Waals surface area (Å²) in [4.78, 5) is 23.7. The lowest BCUT2D eigenvalue weighted by molar-refractivity contribution is -0.188. The lowest BCUT2D eigenvalue weighted by atomic mass is 9.54. The van der Waals surface area contributed by atoms with Crippen molar-refractivity contribution in [3.05, 3.63) is 0 Å². The molecule has 0 aromatic heterocycles. The molecule has 4 nitrogen and oxygen atoms in total. The van der Waals surface area contributed by atoms with Crippen LogP contribution in [0, 0.1) is 10.8 Å². The third-order valence-electron chi connectivity index (χ3n) is 2.89. The van der Waals surface area contributed by atoms with Gasteiger partial charge in [0.1, 0.15) is 0 Å². The third-order valence-corrected chi connectivity index (χ3v) is 2.89. The highest BCUT2D eigenvalue weighted by Gasteiger charge is 2.61. The van der Waals surface area contributed by atoms with E-state index >= 15 is 0 Å². The highest BCUT2D eigenvalue weighted by Crippen LogP contribution is 2.55. The quantitative estimate of drug-likeness (QED) is 0.545. The molecule has 92 valence electrons. The molecule has 1 fully saturated rings. The van der Waals surface area contributed by atoms with Crippen molar-refractivity contribution in [1.29, 1.82) is 0 Å². The second-order valence-corrected chi connectivity index (χ2v) is 5.04. The summed E-state index contributed by atoms with van der Waals surface area (Å²) < 4.78 is 9.94. The van der Waals surface area contributed by atoms with E-state index in [0.717, 1.165) is 0 Å². The van der Waals surface area contributed by atoms with E-state index in [0.29, 0.717) is 26.1 Å². The Balaban J connectivity index is 2.80. The zero-order chi connectivity index (χ0) is 12.4. The van der Waals surface area contributed by atoms with E-state index in [2.05, 4.69) is 0 Å². The van der Waals surface area contributed by atoms with Gasteiger partial charge in [-0.1, -0.05) is 13.8 Å². The zero-order valence-corrected chi connectivity index (χ0v) is 10.5. The maximum atomic E-state index is 11.8. The molecule has 0 unspecified atom stereocenters. The molecular formula is C12H20O4. The monoisotopic (exact) mass is 228 g/mol. The van der Waals surface area contributed by atoms with Crippen molar-refractivity contribution >= 4 is 11.9 Å². The van der Waals surface area contributed by atoms with E-state index in [-0.39, 0.29) is 5.41 Å². The zero-order valence-electron chi connectivity index (χ0n) is 10.5. The molecule has 4 heteroatoms. The summed E-state index contributed by atoms with van der Waals surface area (Å²) in [5.41, 5.74) is -1.03. The van der Waals surface area contributed by atoms with E-state index in [1.54, 1.807) is 13.8 Å². The molecule has 16 heavy (non-hydrogen) atoms. The predicted octanol–water partition coefficient (Wildman–Crippen LogP) is 1.92. The van der Waals surface area contributed by atoms with Crippen LogP contribution in [0.3, 0.4) is 0 Å². The van der Waals surface area contributed by atoms with Crippen LogP contribution < -0.4 is 0 Å². The Morgan fingerprint density at radius 3 is 1.62 bits per heavy atom. The minimum Gasteiger partial charge on any atom is -0.465 e. The molecule has 0 aliphatic heterocycles. The molecular weight excluding hydrogens is 208 g/mol. The molecule has 0 heterocycles. The maximum absolute atomic E-state index is 11.8. The summed E-state index contributed by atoms with van der Waals surface area (Å²) >= 11 is 0. The van der Waals surface area contributed by atoms with Crippen LogP contribution in [0.4, 0.5) is 0 Å². The van der Waals surface area contributed by atoms with Gasteiger partial charge in [0, 0.05) is 0 Å². The molecule has 0 aromatic rings. The summed E-state index contributed by atoms with van der Waals surface area (Å²) in [6.07, 6.45) is 1.02. The highest BCUT2D eigenvalue weighted by molar-refractivity contribution is 6.01. The van der Waals surface area contributed by atoms with Gasteiger partial charge >= 0.3 is 11.9 Å². The van der Waals surface area contributed by atoms with Gasteiger partial charge in [-0.2, -0.15) is 0 Å². The van der Waals surface area contributed by atoms with Crippen molar-refractivity contribution in [2.24, 2.45) is 10.8 Å². The second-order valence-electron chi connectivity index (χ2n) is 5.04. The molecule has 0 aromatic carbocycles. The number of carbonyl (C=O) groups is 2. The van der Waals surface area contributed by atoms with E-state index in [9.17, 15) is 9.59 Å². The first-order valence-electron chi connectivity index (χ1n) is 5.72. The van der Waals surface area contributed by atoms with Crippen molar-refractivity contribution in [2.75, 3.05) is 13.2 Å². The highest BCUT2D eigenvalue weighted by atomic mass is 16.6. The second kappa shape index (κ2) is 4.44. The van der Waals surface area contributed by atoms with Crippen LogP contribution in [-0.2, 0) is 19.1 Å². The van der Waals surface area contributed by atoms with Gasteiger partial charge in [0.05, 0.1) is 13.2 Å². The number of ether oxygens (including phenoxy) is 2. The van der Waals surface area contributed by atoms with Gasteiger partial charge in [-0.25, -0.2) is 0 Å². The lowest BCUT2D eigenvalue weighted by Gasteiger charge is -2.48. The Labute approximate surface area is 96.3 Å². The standard InChI is InChI=1S/C12H20O4/c1-5-15-9(13)12(10(14)16-6-2)7-11(3,4)8-12/h5-8H2,1-4H3. The average molecular weight is 228 g/mol. The first kappa shape index (κ1) is 13.0. The van der Waals surface area contributed by atoms with Gasteiger partial charge in [0.15, 0.2) is 5.41 Å². The number of hydrogen-bond donors (Lipinski definition) is 0. The average Bonchev–Trinajstić information content (AvgIpc) is 2.14. The molecule has 0 saturated heterocycles. The molecule has 1 saturated carbocycles. The first-order chi connectivity index (χ1) is 7.38. The maximum Gasteiger partial charge on any atom is 0.323 e. The minimum atomic E-state index is -1.05.